The molecule has 0 aliphatic carbocycles. The van der Waals surface area contributed by atoms with Crippen molar-refractivity contribution in [2.45, 2.75) is 32.9 Å². The normalized spacial score (nSPS) is 12.6. The third kappa shape index (κ3) is 3.32. The Labute approximate surface area is 131 Å². The van der Waals surface area contributed by atoms with Gasteiger partial charge in [-0.05, 0) is 47.4 Å². The molecule has 1 aromatic heterocycles. The lowest BCUT2D eigenvalue weighted by atomic mass is 10.1. The highest BCUT2D eigenvalue weighted by molar-refractivity contribution is 9.10. The van der Waals surface area contributed by atoms with Crippen molar-refractivity contribution in [2.24, 2.45) is 0 Å². The zero-order chi connectivity index (χ0) is 15.4. The minimum Gasteiger partial charge on any atom is -0.334 e. The molecule has 1 unspecified atom stereocenters. The summed E-state index contributed by atoms with van der Waals surface area (Å²) < 4.78 is 29.3. The van der Waals surface area contributed by atoms with Gasteiger partial charge in [-0.1, -0.05) is 13.0 Å². The predicted octanol–water partition coefficient (Wildman–Crippen LogP) is 4.03. The second-order valence-electron chi connectivity index (χ2n) is 4.72. The first-order valence-electron chi connectivity index (χ1n) is 6.97. The molecule has 0 saturated heterocycles. The van der Waals surface area contributed by atoms with Crippen LogP contribution in [0.25, 0.3) is 0 Å². The molecular formula is C15H18BrF2N3. The summed E-state index contributed by atoms with van der Waals surface area (Å²) in [5.74, 6) is -0.943. The Hall–Kier alpha value is -1.27. The molecule has 2 rings (SSSR count). The molecule has 1 heterocycles. The van der Waals surface area contributed by atoms with Gasteiger partial charge < -0.3 is 9.88 Å². The van der Waals surface area contributed by atoms with Crippen LogP contribution in [0.1, 0.15) is 37.7 Å². The van der Waals surface area contributed by atoms with E-state index in [2.05, 4.69) is 33.2 Å². The van der Waals surface area contributed by atoms with Gasteiger partial charge in [-0.3, -0.25) is 0 Å². The minimum atomic E-state index is -0.870. The SMILES string of the molecule is CCCNC(c1ccc(F)c(F)c1Br)c1nccn1CC. The molecule has 3 nitrogen and oxygen atoms in total. The van der Waals surface area contributed by atoms with Crippen LogP contribution in [0.2, 0.25) is 0 Å². The molecule has 0 radical (unpaired) electrons. The number of rotatable bonds is 6. The monoisotopic (exact) mass is 357 g/mol. The average Bonchev–Trinajstić information content (AvgIpc) is 2.95. The zero-order valence-electron chi connectivity index (χ0n) is 12.0. The molecule has 0 aliphatic heterocycles. The second kappa shape index (κ2) is 7.13. The van der Waals surface area contributed by atoms with Crippen molar-refractivity contribution in [3.05, 3.63) is 52.0 Å². The molecule has 1 aromatic carbocycles. The van der Waals surface area contributed by atoms with Crippen molar-refractivity contribution in [2.75, 3.05) is 6.54 Å². The van der Waals surface area contributed by atoms with E-state index in [9.17, 15) is 8.78 Å². The van der Waals surface area contributed by atoms with Gasteiger partial charge in [0.15, 0.2) is 11.6 Å². The summed E-state index contributed by atoms with van der Waals surface area (Å²) in [5.41, 5.74) is 0.642. The number of halogens is 3. The number of benzene rings is 1. The standard InChI is InChI=1S/C15H18BrF2N3/c1-3-7-19-14(15-20-8-9-21(15)4-2)10-5-6-11(17)13(18)12(10)16/h5-6,8-9,14,19H,3-4,7H2,1-2H3. The van der Waals surface area contributed by atoms with E-state index >= 15 is 0 Å². The highest BCUT2D eigenvalue weighted by atomic mass is 79.9. The molecule has 0 bridgehead atoms. The van der Waals surface area contributed by atoms with Crippen molar-refractivity contribution in [1.29, 1.82) is 0 Å². The van der Waals surface area contributed by atoms with Gasteiger partial charge in [0.2, 0.25) is 0 Å². The van der Waals surface area contributed by atoms with E-state index in [4.69, 9.17) is 0 Å². The molecule has 0 amide bonds. The fraction of sp³-hybridized carbons (Fsp3) is 0.400. The number of aryl methyl sites for hydroxylation is 1. The maximum absolute atomic E-state index is 13.8. The lowest BCUT2D eigenvalue weighted by molar-refractivity contribution is 0.492. The van der Waals surface area contributed by atoms with Gasteiger partial charge in [0.25, 0.3) is 0 Å². The van der Waals surface area contributed by atoms with Crippen molar-refractivity contribution in [3.63, 3.8) is 0 Å². The molecule has 6 heteroatoms. The molecular weight excluding hydrogens is 340 g/mol. The Morgan fingerprint density at radius 1 is 1.33 bits per heavy atom. The first kappa shape index (κ1) is 16.1. The molecule has 0 fully saturated rings. The quantitative estimate of drug-likeness (QED) is 0.790. The Morgan fingerprint density at radius 2 is 2.10 bits per heavy atom. The highest BCUT2D eigenvalue weighted by Crippen LogP contribution is 2.31. The number of hydrogen-bond donors (Lipinski definition) is 1. The predicted molar refractivity (Wildman–Crippen MR) is 82.1 cm³/mol. The number of nitrogens with zero attached hydrogens (tertiary/aromatic N) is 2. The maximum Gasteiger partial charge on any atom is 0.173 e. The minimum absolute atomic E-state index is 0.141. The third-order valence-electron chi connectivity index (χ3n) is 3.32. The van der Waals surface area contributed by atoms with Crippen molar-refractivity contribution < 1.29 is 8.78 Å². The fourth-order valence-corrected chi connectivity index (χ4v) is 2.79. The second-order valence-corrected chi connectivity index (χ2v) is 5.52. The average molecular weight is 358 g/mol. The Balaban J connectivity index is 2.48. The van der Waals surface area contributed by atoms with Crippen LogP contribution in [0.3, 0.4) is 0 Å². The van der Waals surface area contributed by atoms with Crippen LogP contribution in [0, 0.1) is 11.6 Å². The molecule has 114 valence electrons. The Morgan fingerprint density at radius 3 is 2.76 bits per heavy atom. The van der Waals surface area contributed by atoms with Gasteiger partial charge in [-0.15, -0.1) is 0 Å². The zero-order valence-corrected chi connectivity index (χ0v) is 13.6. The highest BCUT2D eigenvalue weighted by Gasteiger charge is 2.23. The molecule has 0 saturated carbocycles. The summed E-state index contributed by atoms with van der Waals surface area (Å²) >= 11 is 3.16. The number of aromatic nitrogens is 2. The van der Waals surface area contributed by atoms with E-state index in [1.54, 1.807) is 12.3 Å². The molecule has 0 aliphatic rings. The summed E-state index contributed by atoms with van der Waals surface area (Å²) in [6.45, 7) is 5.59. The molecule has 1 atom stereocenters. The first-order chi connectivity index (χ1) is 10.1. The van der Waals surface area contributed by atoms with Crippen LogP contribution in [-0.4, -0.2) is 16.1 Å². The van der Waals surface area contributed by atoms with E-state index in [1.807, 2.05) is 17.7 Å². The number of imidazole rings is 1. The van der Waals surface area contributed by atoms with Gasteiger partial charge in [-0.2, -0.15) is 0 Å². The number of nitrogens with one attached hydrogen (secondary N) is 1. The van der Waals surface area contributed by atoms with Crippen LogP contribution in [-0.2, 0) is 6.54 Å². The Kier molecular flexibility index (Phi) is 5.47. The van der Waals surface area contributed by atoms with E-state index in [1.165, 1.54) is 0 Å². The fourth-order valence-electron chi connectivity index (χ4n) is 2.24. The molecule has 0 spiro atoms. The van der Waals surface area contributed by atoms with Crippen LogP contribution >= 0.6 is 15.9 Å². The van der Waals surface area contributed by atoms with Gasteiger partial charge in [0.1, 0.15) is 5.82 Å². The summed E-state index contributed by atoms with van der Waals surface area (Å²) in [5, 5.41) is 3.35. The van der Waals surface area contributed by atoms with Crippen molar-refractivity contribution in [1.82, 2.24) is 14.9 Å². The van der Waals surface area contributed by atoms with Gasteiger partial charge in [0.05, 0.1) is 10.5 Å². The molecule has 2 aromatic rings. The van der Waals surface area contributed by atoms with E-state index in [0.29, 0.717) is 5.56 Å². The summed E-state index contributed by atoms with van der Waals surface area (Å²) in [4.78, 5) is 4.37. The molecule has 1 N–H and O–H groups in total. The van der Waals surface area contributed by atoms with E-state index in [0.717, 1.165) is 31.4 Å². The van der Waals surface area contributed by atoms with Crippen LogP contribution in [0.4, 0.5) is 8.78 Å². The molecule has 21 heavy (non-hydrogen) atoms. The lowest BCUT2D eigenvalue weighted by Crippen LogP contribution is -2.26. The largest absolute Gasteiger partial charge is 0.334 e. The van der Waals surface area contributed by atoms with Gasteiger partial charge in [0, 0.05) is 18.9 Å². The number of hydrogen-bond acceptors (Lipinski definition) is 2. The van der Waals surface area contributed by atoms with Crippen molar-refractivity contribution >= 4 is 15.9 Å². The maximum atomic E-state index is 13.8. The van der Waals surface area contributed by atoms with Gasteiger partial charge in [-0.25, -0.2) is 13.8 Å². The smallest absolute Gasteiger partial charge is 0.173 e. The van der Waals surface area contributed by atoms with Gasteiger partial charge >= 0.3 is 0 Å². The topological polar surface area (TPSA) is 29.9 Å². The van der Waals surface area contributed by atoms with Crippen molar-refractivity contribution in [3.8, 4) is 0 Å². The Bertz CT molecular complexity index is 613. The van der Waals surface area contributed by atoms with E-state index < -0.39 is 11.6 Å². The van der Waals surface area contributed by atoms with Crippen LogP contribution < -0.4 is 5.32 Å². The summed E-state index contributed by atoms with van der Waals surface area (Å²) in [6.07, 6.45) is 4.53. The first-order valence-corrected chi connectivity index (χ1v) is 7.77. The third-order valence-corrected chi connectivity index (χ3v) is 4.13. The van der Waals surface area contributed by atoms with Crippen LogP contribution in [0.5, 0.6) is 0 Å². The lowest BCUT2D eigenvalue weighted by Gasteiger charge is -2.21. The summed E-state index contributed by atoms with van der Waals surface area (Å²) in [6, 6.07) is 2.45. The van der Waals surface area contributed by atoms with E-state index in [-0.39, 0.29) is 10.5 Å². The van der Waals surface area contributed by atoms with Crippen LogP contribution in [0.15, 0.2) is 29.0 Å². The summed E-state index contributed by atoms with van der Waals surface area (Å²) in [7, 11) is 0.